The highest BCUT2D eigenvalue weighted by Crippen LogP contribution is 2.48. The van der Waals surface area contributed by atoms with Crippen molar-refractivity contribution in [1.29, 1.82) is 0 Å². The molecule has 2 atom stereocenters. The number of esters is 4. The van der Waals surface area contributed by atoms with Gasteiger partial charge in [-0.05, 0) is 74.7 Å². The molecule has 1 saturated heterocycles. The number of ether oxygens (including phenoxy) is 4. The Morgan fingerprint density at radius 3 is 1.15 bits per heavy atom. The molecule has 4 aromatic rings. The Kier molecular flexibility index (Phi) is 18.3. The predicted molar refractivity (Wildman–Crippen MR) is 241 cm³/mol. The third kappa shape index (κ3) is 14.1. The first-order valence-corrected chi connectivity index (χ1v) is 23.6. The summed E-state index contributed by atoms with van der Waals surface area (Å²) in [4.78, 5) is 78.6. The Morgan fingerprint density at radius 1 is 0.500 bits per heavy atom. The number of carbonyl (C=O) groups is 6. The van der Waals surface area contributed by atoms with E-state index in [-0.39, 0.29) is 37.5 Å². The van der Waals surface area contributed by atoms with Crippen LogP contribution < -0.4 is 31.0 Å². The zero-order chi connectivity index (χ0) is 44.4. The van der Waals surface area contributed by atoms with Gasteiger partial charge in [0.2, 0.25) is 11.8 Å². The normalized spacial score (nSPS) is 16.1. The van der Waals surface area contributed by atoms with Crippen molar-refractivity contribution in [3.05, 3.63) is 120 Å². The number of aryl methyl sites for hydroxylation is 2. The maximum absolute atomic E-state index is 12.8. The molecule has 0 bridgehead atoms. The molecule has 1 aliphatic rings. The van der Waals surface area contributed by atoms with E-state index in [0.29, 0.717) is 12.8 Å². The van der Waals surface area contributed by atoms with Gasteiger partial charge in [0, 0.05) is 49.4 Å². The number of nitrogens with zero attached hydrogens (tertiary/aromatic N) is 2. The van der Waals surface area contributed by atoms with Crippen LogP contribution in [0.2, 0.25) is 0 Å². The smallest absolute Gasteiger partial charge is 0.328 e. The van der Waals surface area contributed by atoms with Gasteiger partial charge in [0.05, 0.1) is 41.3 Å². The van der Waals surface area contributed by atoms with E-state index in [0.717, 1.165) is 47.6 Å². The lowest BCUT2D eigenvalue weighted by Gasteiger charge is -2.41. The van der Waals surface area contributed by atoms with E-state index in [9.17, 15) is 28.8 Å². The molecule has 0 saturated carbocycles. The van der Waals surface area contributed by atoms with Crippen LogP contribution in [0.4, 0.5) is 11.4 Å². The predicted octanol–water partition coefficient (Wildman–Crippen LogP) is 4.77. The number of anilines is 2. The van der Waals surface area contributed by atoms with Gasteiger partial charge in [0.15, 0.2) is 0 Å². The third-order valence-electron chi connectivity index (χ3n) is 10.3. The SMILES string of the molecule is COC(=O)C[C@H](NC(=O)CCc1ccc(N2CP(c3ccccc3)CN(c3ccc(CCC(=O)N[C@@H](CC(=O)OC)C(=O)OC)cc3)CP(c3ccccc3)C2)cc1)C(=O)OC. The summed E-state index contributed by atoms with van der Waals surface area (Å²) >= 11 is 0. The number of benzene rings is 4. The molecular weight excluding hydrogens is 830 g/mol. The van der Waals surface area contributed by atoms with Gasteiger partial charge in [-0.1, -0.05) is 84.9 Å². The Hall–Kier alpha value is -5.84. The number of methoxy groups -OCH3 is 4. The van der Waals surface area contributed by atoms with E-state index in [1.165, 1.54) is 39.0 Å². The van der Waals surface area contributed by atoms with Crippen LogP contribution in [0.3, 0.4) is 0 Å². The lowest BCUT2D eigenvalue weighted by Crippen LogP contribution is -2.43. The first-order valence-electron chi connectivity index (χ1n) is 20.2. The quantitative estimate of drug-likeness (QED) is 0.0800. The highest BCUT2D eigenvalue weighted by atomic mass is 31.1. The van der Waals surface area contributed by atoms with Crippen LogP contribution in [-0.4, -0.2) is 101 Å². The molecule has 1 heterocycles. The lowest BCUT2D eigenvalue weighted by molar-refractivity contribution is -0.150. The summed E-state index contributed by atoms with van der Waals surface area (Å²) in [6, 6.07) is 35.6. The van der Waals surface area contributed by atoms with E-state index in [1.54, 1.807) is 0 Å². The van der Waals surface area contributed by atoms with Gasteiger partial charge in [0.25, 0.3) is 0 Å². The van der Waals surface area contributed by atoms with Crippen LogP contribution >= 0.6 is 15.8 Å². The minimum Gasteiger partial charge on any atom is -0.469 e. The van der Waals surface area contributed by atoms with E-state index in [4.69, 9.17) is 9.47 Å². The van der Waals surface area contributed by atoms with Crippen molar-refractivity contribution in [3.63, 3.8) is 0 Å². The van der Waals surface area contributed by atoms with Crippen LogP contribution in [0, 0.1) is 0 Å². The van der Waals surface area contributed by atoms with Gasteiger partial charge < -0.3 is 39.4 Å². The summed E-state index contributed by atoms with van der Waals surface area (Å²) in [5.41, 5.74) is 4.12. The molecule has 16 heteroatoms. The molecule has 0 radical (unpaired) electrons. The number of amides is 2. The molecule has 4 aromatic carbocycles. The molecule has 2 amide bonds. The van der Waals surface area contributed by atoms with Crippen LogP contribution in [0.15, 0.2) is 109 Å². The number of hydrogen-bond acceptors (Lipinski definition) is 12. The fraction of sp³-hybridized carbons (Fsp3) is 0.348. The van der Waals surface area contributed by atoms with Crippen LogP contribution in [0.1, 0.15) is 36.8 Å². The number of hydrogen-bond donors (Lipinski definition) is 2. The van der Waals surface area contributed by atoms with Gasteiger partial charge >= 0.3 is 23.9 Å². The van der Waals surface area contributed by atoms with Gasteiger partial charge in [0.1, 0.15) is 12.1 Å². The Bertz CT molecular complexity index is 1950. The summed E-state index contributed by atoms with van der Waals surface area (Å²) in [6.07, 6.45) is 3.82. The van der Waals surface area contributed by atoms with Crippen molar-refractivity contribution in [2.45, 2.75) is 50.6 Å². The number of nitrogens with one attached hydrogen (secondary N) is 2. The Labute approximate surface area is 365 Å². The zero-order valence-corrected chi connectivity index (χ0v) is 37.3. The highest BCUT2D eigenvalue weighted by Gasteiger charge is 2.30. The minimum atomic E-state index is -1.12. The molecule has 14 nitrogen and oxygen atoms in total. The fourth-order valence-electron chi connectivity index (χ4n) is 6.90. The van der Waals surface area contributed by atoms with E-state index >= 15 is 0 Å². The van der Waals surface area contributed by atoms with Crippen LogP contribution in [0.5, 0.6) is 0 Å². The Morgan fingerprint density at radius 2 is 0.839 bits per heavy atom. The largest absolute Gasteiger partial charge is 0.469 e. The molecule has 0 aromatic heterocycles. The maximum Gasteiger partial charge on any atom is 0.328 e. The molecule has 2 N–H and O–H groups in total. The van der Waals surface area contributed by atoms with Gasteiger partial charge in [-0.15, -0.1) is 0 Å². The van der Waals surface area contributed by atoms with Crippen molar-refractivity contribution in [1.82, 2.24) is 10.6 Å². The topological polar surface area (TPSA) is 170 Å². The number of rotatable bonds is 18. The molecule has 1 fully saturated rings. The van der Waals surface area contributed by atoms with Crippen molar-refractivity contribution >= 4 is 73.5 Å². The summed E-state index contributed by atoms with van der Waals surface area (Å²) in [6.45, 7) is 0. The van der Waals surface area contributed by atoms with Gasteiger partial charge in [-0.25, -0.2) is 9.59 Å². The third-order valence-corrected chi connectivity index (χ3v) is 15.1. The van der Waals surface area contributed by atoms with Crippen molar-refractivity contribution in [2.75, 3.05) is 63.4 Å². The molecule has 62 heavy (non-hydrogen) atoms. The zero-order valence-electron chi connectivity index (χ0n) is 35.5. The summed E-state index contributed by atoms with van der Waals surface area (Å²) in [5.74, 6) is -3.41. The monoisotopic (exact) mass is 884 g/mol. The first-order chi connectivity index (χ1) is 30.0. The summed E-state index contributed by atoms with van der Waals surface area (Å²) in [7, 11) is 3.44. The van der Waals surface area contributed by atoms with E-state index in [1.807, 2.05) is 36.4 Å². The molecule has 1 aliphatic heterocycles. The van der Waals surface area contributed by atoms with E-state index < -0.39 is 51.8 Å². The van der Waals surface area contributed by atoms with Crippen molar-refractivity contribution in [3.8, 4) is 0 Å². The van der Waals surface area contributed by atoms with Crippen LogP contribution in [-0.2, 0) is 60.6 Å². The second kappa shape index (κ2) is 24.0. The van der Waals surface area contributed by atoms with Gasteiger partial charge in [-0.3, -0.25) is 19.2 Å². The van der Waals surface area contributed by atoms with Crippen molar-refractivity contribution < 1.29 is 47.7 Å². The Balaban J connectivity index is 1.31. The average molecular weight is 885 g/mol. The summed E-state index contributed by atoms with van der Waals surface area (Å²) in [5, 5.41) is 7.79. The molecule has 0 aliphatic carbocycles. The van der Waals surface area contributed by atoms with Crippen molar-refractivity contribution in [2.24, 2.45) is 0 Å². The number of carbonyl (C=O) groups excluding carboxylic acids is 6. The second-order valence-electron chi connectivity index (χ2n) is 14.6. The van der Waals surface area contributed by atoms with Crippen LogP contribution in [0.25, 0.3) is 0 Å². The molecule has 0 unspecified atom stereocenters. The molecule has 0 spiro atoms. The minimum absolute atomic E-state index is 0.123. The summed E-state index contributed by atoms with van der Waals surface area (Å²) < 4.78 is 18.8. The molecule has 328 valence electrons. The fourth-order valence-corrected chi connectivity index (χ4v) is 11.9. The standard InChI is InChI=1S/C46H54N4O10P2/c1-57-43(53)27-39(45(55)59-3)47-41(51)25-19-33-15-21-35(22-16-33)49-29-61(37-11-7-5-8-12-37)31-50(32-62(30-49)38-13-9-6-10-14-38)36-23-17-34(18-24-36)20-26-42(52)48-40(46(56)60-4)28-44(54)58-2/h5-18,21-24,39-40H,19-20,25-32H2,1-4H3,(H,47,51)(H,48,52)/t39-,40-,61?,62?/m0/s1. The lowest BCUT2D eigenvalue weighted by atomic mass is 10.1. The van der Waals surface area contributed by atoms with Gasteiger partial charge in [-0.2, -0.15) is 0 Å². The first kappa shape index (κ1) is 47.2. The molecule has 5 rings (SSSR count). The molecular formula is C46H54N4O10P2. The highest BCUT2D eigenvalue weighted by molar-refractivity contribution is 7.67. The second-order valence-corrected chi connectivity index (χ2v) is 18.9. The van der Waals surface area contributed by atoms with E-state index in [2.05, 4.69) is 103 Å². The maximum atomic E-state index is 12.8. The average Bonchev–Trinajstić information content (AvgIpc) is 3.30.